The number of carbonyl (C=O) groups is 1. The molecule has 1 aliphatic rings. The first-order chi connectivity index (χ1) is 14.7. The summed E-state index contributed by atoms with van der Waals surface area (Å²) in [6.07, 6.45) is 0.413. The van der Waals surface area contributed by atoms with Crippen LogP contribution in [0.4, 0.5) is 10.5 Å². The number of nitrogens with zero attached hydrogens (tertiary/aromatic N) is 2. The van der Waals surface area contributed by atoms with Gasteiger partial charge in [0, 0.05) is 45.5 Å². The highest BCUT2D eigenvalue weighted by Crippen LogP contribution is 2.13. The molecular weight excluding hydrogens is 394 g/mol. The van der Waals surface area contributed by atoms with Gasteiger partial charge in [-0.25, -0.2) is 4.79 Å². The number of nitrogens with one attached hydrogen (secondary N) is 3. The first-order valence-electron chi connectivity index (χ1n) is 11.1. The SMILES string of the molecule is CN=C(NCCc1ccc(NC(=O)OC(C)(C)C)cc1)NCC(C)CN1CCOCC1. The molecule has 8 heteroatoms. The summed E-state index contributed by atoms with van der Waals surface area (Å²) < 4.78 is 10.7. The maximum atomic E-state index is 11.8. The Morgan fingerprint density at radius 1 is 1.19 bits per heavy atom. The summed E-state index contributed by atoms with van der Waals surface area (Å²) in [4.78, 5) is 18.6. The van der Waals surface area contributed by atoms with Gasteiger partial charge in [0.2, 0.25) is 0 Å². The number of rotatable bonds is 8. The zero-order chi connectivity index (χ0) is 22.7. The van der Waals surface area contributed by atoms with Crippen LogP contribution in [0, 0.1) is 5.92 Å². The van der Waals surface area contributed by atoms with Crippen LogP contribution in [0.25, 0.3) is 0 Å². The lowest BCUT2D eigenvalue weighted by Crippen LogP contribution is -2.44. The van der Waals surface area contributed by atoms with Crippen molar-refractivity contribution in [3.8, 4) is 0 Å². The fourth-order valence-electron chi connectivity index (χ4n) is 3.28. The lowest BCUT2D eigenvalue weighted by atomic mass is 10.1. The molecule has 1 aromatic rings. The second kappa shape index (κ2) is 12.5. The van der Waals surface area contributed by atoms with E-state index in [0.717, 1.165) is 64.0 Å². The van der Waals surface area contributed by atoms with Crippen molar-refractivity contribution in [2.45, 2.75) is 39.7 Å². The molecule has 0 radical (unpaired) electrons. The third kappa shape index (κ3) is 10.5. The minimum absolute atomic E-state index is 0.445. The molecule has 0 bridgehead atoms. The number of ether oxygens (including phenoxy) is 2. The Bertz CT molecular complexity index is 694. The molecule has 1 unspecified atom stereocenters. The fourth-order valence-corrected chi connectivity index (χ4v) is 3.28. The van der Waals surface area contributed by atoms with Crippen molar-refractivity contribution < 1.29 is 14.3 Å². The van der Waals surface area contributed by atoms with Gasteiger partial charge in [-0.2, -0.15) is 0 Å². The molecule has 1 heterocycles. The maximum Gasteiger partial charge on any atom is 0.412 e. The summed E-state index contributed by atoms with van der Waals surface area (Å²) in [6, 6.07) is 7.79. The molecule has 1 fully saturated rings. The van der Waals surface area contributed by atoms with Crippen molar-refractivity contribution >= 4 is 17.7 Å². The van der Waals surface area contributed by atoms with Crippen molar-refractivity contribution in [1.29, 1.82) is 0 Å². The molecule has 3 N–H and O–H groups in total. The summed E-state index contributed by atoms with van der Waals surface area (Å²) >= 11 is 0. The van der Waals surface area contributed by atoms with Crippen LogP contribution in [0.2, 0.25) is 0 Å². The molecule has 1 saturated heterocycles. The number of hydrogen-bond acceptors (Lipinski definition) is 5. The van der Waals surface area contributed by atoms with Crippen LogP contribution in [0.1, 0.15) is 33.3 Å². The Balaban J connectivity index is 1.66. The molecule has 0 spiro atoms. The third-order valence-electron chi connectivity index (χ3n) is 4.82. The predicted molar refractivity (Wildman–Crippen MR) is 126 cm³/mol. The van der Waals surface area contributed by atoms with Gasteiger partial charge in [0.1, 0.15) is 5.60 Å². The first-order valence-corrected chi connectivity index (χ1v) is 11.1. The fraction of sp³-hybridized carbons (Fsp3) is 0.652. The van der Waals surface area contributed by atoms with Gasteiger partial charge in [-0.05, 0) is 50.8 Å². The lowest BCUT2D eigenvalue weighted by molar-refractivity contribution is 0.0320. The van der Waals surface area contributed by atoms with Crippen LogP contribution in [0.15, 0.2) is 29.3 Å². The largest absolute Gasteiger partial charge is 0.444 e. The van der Waals surface area contributed by atoms with Crippen LogP contribution < -0.4 is 16.0 Å². The molecule has 0 aromatic heterocycles. The highest BCUT2D eigenvalue weighted by atomic mass is 16.6. The molecule has 1 aromatic carbocycles. The number of hydrogen-bond donors (Lipinski definition) is 3. The highest BCUT2D eigenvalue weighted by Gasteiger charge is 2.16. The minimum atomic E-state index is -0.511. The Kier molecular flexibility index (Phi) is 10.1. The average Bonchev–Trinajstić information content (AvgIpc) is 2.71. The highest BCUT2D eigenvalue weighted by molar-refractivity contribution is 5.84. The van der Waals surface area contributed by atoms with Crippen LogP contribution >= 0.6 is 0 Å². The van der Waals surface area contributed by atoms with Crippen molar-refractivity contribution in [1.82, 2.24) is 15.5 Å². The van der Waals surface area contributed by atoms with Crippen LogP contribution in [-0.4, -0.2) is 75.5 Å². The third-order valence-corrected chi connectivity index (χ3v) is 4.82. The molecular formula is C23H39N5O3. The van der Waals surface area contributed by atoms with Crippen molar-refractivity contribution in [3.63, 3.8) is 0 Å². The Morgan fingerprint density at radius 2 is 1.87 bits per heavy atom. The standard InChI is InChI=1S/C23H39N5O3/c1-18(17-28-12-14-30-15-13-28)16-26-21(24-5)25-11-10-19-6-8-20(9-7-19)27-22(29)31-23(2,3)4/h6-9,18H,10-17H2,1-5H3,(H,27,29)(H2,24,25,26). The second-order valence-corrected chi connectivity index (χ2v) is 8.97. The molecule has 2 rings (SSSR count). The zero-order valence-electron chi connectivity index (χ0n) is 19.7. The second-order valence-electron chi connectivity index (χ2n) is 8.97. The Hall–Kier alpha value is -2.32. The number of benzene rings is 1. The minimum Gasteiger partial charge on any atom is -0.444 e. The van der Waals surface area contributed by atoms with Gasteiger partial charge in [0.15, 0.2) is 5.96 Å². The number of morpholine rings is 1. The number of carbonyl (C=O) groups excluding carboxylic acids is 1. The maximum absolute atomic E-state index is 11.8. The summed E-state index contributed by atoms with van der Waals surface area (Å²) in [5.74, 6) is 1.35. The molecule has 31 heavy (non-hydrogen) atoms. The van der Waals surface area contributed by atoms with Crippen LogP contribution in [-0.2, 0) is 15.9 Å². The van der Waals surface area contributed by atoms with Gasteiger partial charge in [0.05, 0.1) is 13.2 Å². The number of aliphatic imine (C=N–C) groups is 1. The normalized spacial score (nSPS) is 16.5. The van der Waals surface area contributed by atoms with Gasteiger partial charge in [-0.15, -0.1) is 0 Å². The number of guanidine groups is 1. The van der Waals surface area contributed by atoms with E-state index in [1.54, 1.807) is 7.05 Å². The van der Waals surface area contributed by atoms with E-state index in [-0.39, 0.29) is 0 Å². The van der Waals surface area contributed by atoms with E-state index < -0.39 is 11.7 Å². The van der Waals surface area contributed by atoms with Crippen LogP contribution in [0.5, 0.6) is 0 Å². The van der Waals surface area contributed by atoms with Gasteiger partial charge >= 0.3 is 6.09 Å². The Morgan fingerprint density at radius 3 is 2.48 bits per heavy atom. The zero-order valence-corrected chi connectivity index (χ0v) is 19.7. The van der Waals surface area contributed by atoms with E-state index in [1.807, 2.05) is 45.0 Å². The monoisotopic (exact) mass is 433 g/mol. The van der Waals surface area contributed by atoms with Crippen LogP contribution in [0.3, 0.4) is 0 Å². The van der Waals surface area contributed by atoms with Gasteiger partial charge in [-0.3, -0.25) is 15.2 Å². The predicted octanol–water partition coefficient (Wildman–Crippen LogP) is 2.71. The Labute approximate surface area is 186 Å². The smallest absolute Gasteiger partial charge is 0.412 e. The van der Waals surface area contributed by atoms with Crippen molar-refractivity contribution in [3.05, 3.63) is 29.8 Å². The van der Waals surface area contributed by atoms with Gasteiger partial charge < -0.3 is 20.1 Å². The van der Waals surface area contributed by atoms with E-state index in [1.165, 1.54) is 5.56 Å². The molecule has 1 amide bonds. The summed E-state index contributed by atoms with van der Waals surface area (Å²) in [6.45, 7) is 14.2. The topological polar surface area (TPSA) is 87.2 Å². The summed E-state index contributed by atoms with van der Waals surface area (Å²) in [5, 5.41) is 9.53. The number of amides is 1. The molecule has 174 valence electrons. The van der Waals surface area contributed by atoms with E-state index in [0.29, 0.717) is 5.92 Å². The summed E-state index contributed by atoms with van der Waals surface area (Å²) in [5.41, 5.74) is 1.39. The number of anilines is 1. The quantitative estimate of drug-likeness (QED) is 0.432. The molecule has 8 nitrogen and oxygen atoms in total. The molecule has 1 aliphatic heterocycles. The van der Waals surface area contributed by atoms with Gasteiger partial charge in [-0.1, -0.05) is 19.1 Å². The van der Waals surface area contributed by atoms with Gasteiger partial charge in [0.25, 0.3) is 0 Å². The van der Waals surface area contributed by atoms with E-state index in [9.17, 15) is 4.79 Å². The molecule has 0 aliphatic carbocycles. The lowest BCUT2D eigenvalue weighted by Gasteiger charge is -2.29. The van der Waals surface area contributed by atoms with E-state index >= 15 is 0 Å². The van der Waals surface area contributed by atoms with Crippen molar-refractivity contribution in [2.75, 3.05) is 58.3 Å². The first kappa shape index (κ1) is 24.9. The van der Waals surface area contributed by atoms with E-state index in [2.05, 4.69) is 32.8 Å². The molecule has 1 atom stereocenters. The summed E-state index contributed by atoms with van der Waals surface area (Å²) in [7, 11) is 1.79. The van der Waals surface area contributed by atoms with E-state index in [4.69, 9.17) is 9.47 Å². The molecule has 0 saturated carbocycles. The average molecular weight is 434 g/mol. The van der Waals surface area contributed by atoms with Crippen molar-refractivity contribution in [2.24, 2.45) is 10.9 Å².